The molecule has 4 heterocycles. The number of aryl methyl sites for hydroxylation is 1. The van der Waals surface area contributed by atoms with Gasteiger partial charge in [-0.15, -0.1) is 12.3 Å². The summed E-state index contributed by atoms with van der Waals surface area (Å²) in [6.07, 6.45) is 8.28. The second-order valence-electron chi connectivity index (χ2n) is 11.9. The van der Waals surface area contributed by atoms with Crippen molar-refractivity contribution in [3.05, 3.63) is 53.2 Å². The predicted molar refractivity (Wildman–Crippen MR) is 170 cm³/mol. The van der Waals surface area contributed by atoms with E-state index in [1.165, 1.54) is 26.9 Å². The van der Waals surface area contributed by atoms with E-state index in [0.29, 0.717) is 45.2 Å². The van der Waals surface area contributed by atoms with Crippen molar-refractivity contribution in [2.45, 2.75) is 57.7 Å². The number of anilines is 2. The normalized spacial score (nSPS) is 20.3. The molecule has 3 aromatic rings. The molecule has 228 valence electrons. The van der Waals surface area contributed by atoms with Gasteiger partial charge in [0.2, 0.25) is 0 Å². The average molecular weight is 594 g/mol. The largest absolute Gasteiger partial charge is 0.465 e. The zero-order valence-electron chi connectivity index (χ0n) is 25.3. The number of likely N-dealkylation sites (tertiary alicyclic amines) is 1. The quantitative estimate of drug-likeness (QED) is 0.379. The summed E-state index contributed by atoms with van der Waals surface area (Å²) in [5.74, 6) is 3.54. The Morgan fingerprint density at radius 3 is 2.75 bits per heavy atom. The van der Waals surface area contributed by atoms with Crippen molar-refractivity contribution in [2.75, 3.05) is 55.7 Å². The Labute approximate surface area is 258 Å². The topological polar surface area (TPSA) is 109 Å². The highest BCUT2D eigenvalue weighted by molar-refractivity contribution is 5.97. The first kappa shape index (κ1) is 29.5. The first-order valence-electron chi connectivity index (χ1n) is 15.5. The number of carbonyl (C=O) groups is 1. The third-order valence-corrected chi connectivity index (χ3v) is 9.26. The van der Waals surface area contributed by atoms with Gasteiger partial charge in [0.25, 0.3) is 0 Å². The third kappa shape index (κ3) is 5.95. The van der Waals surface area contributed by atoms with Crippen LogP contribution in [0.15, 0.2) is 36.4 Å². The van der Waals surface area contributed by atoms with Gasteiger partial charge in [0.1, 0.15) is 12.4 Å². The van der Waals surface area contributed by atoms with Crippen LogP contribution >= 0.6 is 0 Å². The Balaban J connectivity index is 1.32. The van der Waals surface area contributed by atoms with Gasteiger partial charge in [-0.1, -0.05) is 30.3 Å². The maximum atomic E-state index is 11.9. The summed E-state index contributed by atoms with van der Waals surface area (Å²) in [6, 6.07) is 15.2. The number of nitrogens with zero attached hydrogens (tertiary/aromatic N) is 7. The minimum absolute atomic E-state index is 0.128. The molecule has 10 nitrogen and oxygen atoms in total. The second-order valence-corrected chi connectivity index (χ2v) is 11.9. The molecule has 3 aliphatic rings. The van der Waals surface area contributed by atoms with E-state index in [0.717, 1.165) is 56.0 Å². The van der Waals surface area contributed by atoms with Crippen LogP contribution in [0, 0.1) is 30.6 Å². The lowest BCUT2D eigenvalue weighted by atomic mass is 9.99. The van der Waals surface area contributed by atoms with Crippen molar-refractivity contribution in [2.24, 2.45) is 0 Å². The fourth-order valence-electron chi connectivity index (χ4n) is 7.03. The number of amides is 1. The molecule has 1 N–H and O–H groups in total. The van der Waals surface area contributed by atoms with Gasteiger partial charge in [0.15, 0.2) is 0 Å². The van der Waals surface area contributed by atoms with Crippen molar-refractivity contribution in [1.82, 2.24) is 19.8 Å². The zero-order chi connectivity index (χ0) is 30.6. The minimum Gasteiger partial charge on any atom is -0.465 e. The van der Waals surface area contributed by atoms with Crippen molar-refractivity contribution in [3.8, 4) is 24.4 Å². The number of hydrogen-bond donors (Lipinski definition) is 1. The van der Waals surface area contributed by atoms with Crippen LogP contribution in [0.25, 0.3) is 10.8 Å². The van der Waals surface area contributed by atoms with E-state index < -0.39 is 12.1 Å². The molecule has 1 amide bonds. The van der Waals surface area contributed by atoms with Crippen molar-refractivity contribution < 1.29 is 14.6 Å². The highest BCUT2D eigenvalue weighted by Gasteiger charge is 2.34. The maximum Gasteiger partial charge on any atom is 0.407 e. The molecule has 3 aliphatic heterocycles. The van der Waals surface area contributed by atoms with Gasteiger partial charge in [0, 0.05) is 61.8 Å². The Kier molecular flexibility index (Phi) is 8.72. The zero-order valence-corrected chi connectivity index (χ0v) is 25.3. The van der Waals surface area contributed by atoms with E-state index in [2.05, 4.69) is 70.0 Å². The molecule has 0 unspecified atom stereocenters. The van der Waals surface area contributed by atoms with E-state index in [1.807, 2.05) is 0 Å². The Bertz CT molecular complexity index is 1610. The van der Waals surface area contributed by atoms with Crippen LogP contribution in [0.4, 0.5) is 16.3 Å². The molecule has 2 fully saturated rings. The van der Waals surface area contributed by atoms with Gasteiger partial charge in [-0.25, -0.2) is 4.79 Å². The van der Waals surface area contributed by atoms with E-state index in [9.17, 15) is 15.2 Å². The summed E-state index contributed by atoms with van der Waals surface area (Å²) in [6.45, 7) is 7.13. The number of fused-ring (bicyclic) bond motifs is 2. The SMILES string of the molecule is C#CCCN1CCC[C@H]1COc1nc2c(c(N3CCN(C(=O)O)[C@@H](CC#N)C3)n1)CCN(c1cccc3cccc(C)c13)C2. The molecule has 10 heteroatoms. The van der Waals surface area contributed by atoms with Crippen molar-refractivity contribution >= 4 is 28.4 Å². The summed E-state index contributed by atoms with van der Waals surface area (Å²) < 4.78 is 6.34. The van der Waals surface area contributed by atoms with E-state index in [-0.39, 0.29) is 12.5 Å². The number of benzene rings is 2. The summed E-state index contributed by atoms with van der Waals surface area (Å²) in [7, 11) is 0. The molecule has 0 radical (unpaired) electrons. The summed E-state index contributed by atoms with van der Waals surface area (Å²) >= 11 is 0. The number of rotatable bonds is 8. The van der Waals surface area contributed by atoms with Crippen molar-refractivity contribution in [1.29, 1.82) is 5.26 Å². The highest BCUT2D eigenvalue weighted by atomic mass is 16.5. The lowest BCUT2D eigenvalue weighted by Gasteiger charge is -2.41. The number of nitriles is 1. The number of carboxylic acid groups (broad SMARTS) is 1. The predicted octanol–water partition coefficient (Wildman–Crippen LogP) is 4.45. The molecule has 1 aromatic heterocycles. The van der Waals surface area contributed by atoms with E-state index in [4.69, 9.17) is 21.1 Å². The number of terminal acetylenes is 1. The van der Waals surface area contributed by atoms with Crippen LogP contribution in [0.3, 0.4) is 0 Å². The molecule has 0 aliphatic carbocycles. The molecular formula is C34H39N7O3. The van der Waals surface area contributed by atoms with Gasteiger partial charge < -0.3 is 24.5 Å². The number of piperazine rings is 1. The van der Waals surface area contributed by atoms with Crippen LogP contribution in [-0.4, -0.2) is 88.9 Å². The van der Waals surface area contributed by atoms with Crippen LogP contribution in [-0.2, 0) is 13.0 Å². The molecule has 0 saturated carbocycles. The third-order valence-electron chi connectivity index (χ3n) is 9.26. The molecule has 2 saturated heterocycles. The van der Waals surface area contributed by atoms with Crippen LogP contribution in [0.5, 0.6) is 6.01 Å². The number of hydrogen-bond acceptors (Lipinski definition) is 8. The molecule has 2 aromatic carbocycles. The molecule has 2 atom stereocenters. The van der Waals surface area contributed by atoms with Gasteiger partial charge in [-0.05, 0) is 49.7 Å². The van der Waals surface area contributed by atoms with Gasteiger partial charge >= 0.3 is 12.1 Å². The van der Waals surface area contributed by atoms with E-state index >= 15 is 0 Å². The van der Waals surface area contributed by atoms with Gasteiger partial charge in [0.05, 0.1) is 30.8 Å². The molecule has 0 spiro atoms. The smallest absolute Gasteiger partial charge is 0.407 e. The standard InChI is InChI=1S/C34H39N7O3/c1-3-4-16-38-17-7-11-27(38)23-44-33-36-29-22-39(30-12-6-10-25-9-5-8-24(2)31(25)30)18-14-28(29)32(37-33)40-19-20-41(34(42)43)26(21-40)13-15-35/h1,5-6,8-10,12,26-27H,4,7,11,13-14,16-23H2,2H3,(H,42,43)/t26-,27-/m0/s1. The summed E-state index contributed by atoms with van der Waals surface area (Å²) in [4.78, 5) is 30.1. The lowest BCUT2D eigenvalue weighted by Crippen LogP contribution is -2.55. The second kappa shape index (κ2) is 13.0. The fourth-order valence-corrected chi connectivity index (χ4v) is 7.03. The van der Waals surface area contributed by atoms with Gasteiger partial charge in [-0.3, -0.25) is 4.90 Å². The fraction of sp³-hybridized carbons (Fsp3) is 0.471. The first-order chi connectivity index (χ1) is 21.5. The van der Waals surface area contributed by atoms with Crippen molar-refractivity contribution in [3.63, 3.8) is 0 Å². The molecular weight excluding hydrogens is 554 g/mol. The summed E-state index contributed by atoms with van der Waals surface area (Å²) in [5.41, 5.74) is 4.42. The van der Waals surface area contributed by atoms with Crippen LogP contribution in [0.1, 0.15) is 42.5 Å². The van der Waals surface area contributed by atoms with Crippen LogP contribution < -0.4 is 14.5 Å². The Morgan fingerprint density at radius 2 is 1.95 bits per heavy atom. The molecule has 44 heavy (non-hydrogen) atoms. The first-order valence-corrected chi connectivity index (χ1v) is 15.5. The average Bonchev–Trinajstić information content (AvgIpc) is 3.49. The number of aromatic nitrogens is 2. The lowest BCUT2D eigenvalue weighted by molar-refractivity contribution is 0.119. The highest BCUT2D eigenvalue weighted by Crippen LogP contribution is 2.36. The van der Waals surface area contributed by atoms with Gasteiger partial charge in [-0.2, -0.15) is 15.2 Å². The number of ether oxygens (including phenoxy) is 1. The molecule has 6 rings (SSSR count). The molecule has 0 bridgehead atoms. The Hall–Kier alpha value is -4.54. The Morgan fingerprint density at radius 1 is 1.11 bits per heavy atom. The summed E-state index contributed by atoms with van der Waals surface area (Å²) in [5, 5.41) is 21.6. The monoisotopic (exact) mass is 593 g/mol. The maximum absolute atomic E-state index is 11.9. The minimum atomic E-state index is -0.995. The van der Waals surface area contributed by atoms with E-state index in [1.54, 1.807) is 0 Å². The van der Waals surface area contributed by atoms with Crippen LogP contribution in [0.2, 0.25) is 0 Å².